The highest BCUT2D eigenvalue weighted by molar-refractivity contribution is 6.36. The van der Waals surface area contributed by atoms with Crippen molar-refractivity contribution < 1.29 is 14.0 Å². The Kier molecular flexibility index (Phi) is 9.16. The number of hydrogen-bond acceptors (Lipinski definition) is 4. The Morgan fingerprint density at radius 1 is 1.00 bits per heavy atom. The molecule has 2 amide bonds. The van der Waals surface area contributed by atoms with Crippen molar-refractivity contribution in [2.24, 2.45) is 12.5 Å². The first-order valence-electron chi connectivity index (χ1n) is 13.0. The van der Waals surface area contributed by atoms with Crippen LogP contribution in [-0.4, -0.2) is 27.9 Å². The summed E-state index contributed by atoms with van der Waals surface area (Å²) in [4.78, 5) is 30.1. The number of carbonyl (C=O) groups is 2. The van der Waals surface area contributed by atoms with Crippen LogP contribution in [0.25, 0.3) is 11.0 Å². The molecule has 216 valence electrons. The van der Waals surface area contributed by atoms with Gasteiger partial charge in [0.15, 0.2) is 0 Å². The molecule has 3 N–H and O–H groups in total. The average molecular weight is 619 g/mol. The molecule has 0 aliphatic heterocycles. The second-order valence-electron chi connectivity index (χ2n) is 10.7. The average Bonchev–Trinajstić information content (AvgIpc) is 3.21. The predicted octanol–water partition coefficient (Wildman–Crippen LogP) is 7.42. The van der Waals surface area contributed by atoms with Crippen molar-refractivity contribution in [3.63, 3.8) is 0 Å². The van der Waals surface area contributed by atoms with Crippen molar-refractivity contribution in [2.45, 2.75) is 40.7 Å². The molecule has 0 radical (unpaired) electrons. The van der Waals surface area contributed by atoms with Crippen LogP contribution in [0.15, 0.2) is 42.5 Å². The van der Waals surface area contributed by atoms with Crippen LogP contribution in [0.4, 0.5) is 15.8 Å². The predicted molar refractivity (Wildman–Crippen MR) is 164 cm³/mol. The van der Waals surface area contributed by atoms with Crippen LogP contribution in [0.3, 0.4) is 0 Å². The number of imidazole rings is 1. The molecule has 11 heteroatoms. The monoisotopic (exact) mass is 617 g/mol. The summed E-state index contributed by atoms with van der Waals surface area (Å²) in [6, 6.07) is 11.3. The number of amides is 2. The van der Waals surface area contributed by atoms with Crippen LogP contribution in [0.2, 0.25) is 15.1 Å². The molecule has 4 rings (SSSR count). The van der Waals surface area contributed by atoms with Gasteiger partial charge in [0.25, 0.3) is 5.91 Å². The lowest BCUT2D eigenvalue weighted by atomic mass is 9.95. The Hall–Kier alpha value is -3.33. The fourth-order valence-electron chi connectivity index (χ4n) is 4.27. The first-order valence-corrected chi connectivity index (χ1v) is 14.2. The Morgan fingerprint density at radius 2 is 1.73 bits per heavy atom. The number of fused-ring (bicyclic) bond motifs is 1. The van der Waals surface area contributed by atoms with Crippen LogP contribution >= 0.6 is 34.8 Å². The number of hydrogen-bond donors (Lipinski definition) is 3. The van der Waals surface area contributed by atoms with Crippen molar-refractivity contribution >= 4 is 69.0 Å². The lowest BCUT2D eigenvalue weighted by molar-refractivity contribution is -0.128. The lowest BCUT2D eigenvalue weighted by Crippen LogP contribution is -2.34. The molecule has 4 aromatic rings. The molecule has 1 heterocycles. The zero-order valence-corrected chi connectivity index (χ0v) is 25.7. The van der Waals surface area contributed by atoms with Crippen molar-refractivity contribution in [1.29, 1.82) is 0 Å². The molecule has 0 unspecified atom stereocenters. The molecule has 7 nitrogen and oxygen atoms in total. The topological polar surface area (TPSA) is 88.1 Å². The fourth-order valence-corrected chi connectivity index (χ4v) is 5.02. The van der Waals surface area contributed by atoms with E-state index in [4.69, 9.17) is 39.8 Å². The summed E-state index contributed by atoms with van der Waals surface area (Å²) in [6.45, 7) is 8.07. The zero-order valence-electron chi connectivity index (χ0n) is 23.4. The number of nitrogens with one attached hydrogen (secondary N) is 3. The highest BCUT2D eigenvalue weighted by atomic mass is 35.5. The number of aryl methyl sites for hydroxylation is 1. The van der Waals surface area contributed by atoms with E-state index in [-0.39, 0.29) is 23.4 Å². The molecule has 0 spiro atoms. The van der Waals surface area contributed by atoms with Crippen molar-refractivity contribution in [2.75, 3.05) is 11.9 Å². The summed E-state index contributed by atoms with van der Waals surface area (Å²) < 4.78 is 15.6. The Bertz CT molecular complexity index is 1650. The number of aromatic nitrogens is 2. The molecule has 0 saturated carbocycles. The van der Waals surface area contributed by atoms with Gasteiger partial charge in [-0.3, -0.25) is 9.59 Å². The quantitative estimate of drug-likeness (QED) is 0.192. The number of halogens is 4. The summed E-state index contributed by atoms with van der Waals surface area (Å²) in [7, 11) is 1.87. The number of nitrogens with zero attached hydrogens (tertiary/aromatic N) is 2. The highest BCUT2D eigenvalue weighted by Crippen LogP contribution is 2.33. The summed E-state index contributed by atoms with van der Waals surface area (Å²) in [5, 5.41) is 9.83. The summed E-state index contributed by atoms with van der Waals surface area (Å²) >= 11 is 19.3. The van der Waals surface area contributed by atoms with Gasteiger partial charge >= 0.3 is 0 Å². The summed E-state index contributed by atoms with van der Waals surface area (Å²) in [5.41, 5.74) is 3.65. The molecule has 0 aliphatic rings. The molecule has 0 bridgehead atoms. The molecule has 0 saturated heterocycles. The molecule has 3 aromatic carbocycles. The lowest BCUT2D eigenvalue weighted by Gasteiger charge is -2.19. The summed E-state index contributed by atoms with van der Waals surface area (Å²) in [6.07, 6.45) is 0.316. The van der Waals surface area contributed by atoms with Gasteiger partial charge in [-0.1, -0.05) is 61.6 Å². The fraction of sp³-hybridized carbons (Fsp3) is 0.300. The normalized spacial score (nSPS) is 11.5. The second kappa shape index (κ2) is 12.3. The van der Waals surface area contributed by atoms with Gasteiger partial charge in [-0.05, 0) is 54.4 Å². The molecule has 1 aromatic heterocycles. The molecule has 0 aliphatic carbocycles. The van der Waals surface area contributed by atoms with Gasteiger partial charge in [0.05, 0.1) is 32.3 Å². The van der Waals surface area contributed by atoms with Crippen LogP contribution in [0.1, 0.15) is 55.0 Å². The van der Waals surface area contributed by atoms with Gasteiger partial charge < -0.3 is 20.5 Å². The van der Waals surface area contributed by atoms with E-state index in [1.54, 1.807) is 24.3 Å². The number of benzene rings is 3. The SMILES string of the molecule is CCNC(=O)c1cc2nc(Cc3c(Cl)ccc(CNC(=O)C(C)(C)C)c3Cl)n(C)c2cc1Nc1ccc(F)c(Cl)c1. The molecule has 0 fully saturated rings. The van der Waals surface area contributed by atoms with Crippen molar-refractivity contribution in [3.05, 3.63) is 85.9 Å². The maximum atomic E-state index is 13.7. The number of carbonyl (C=O) groups excluding carboxylic acids is 2. The van der Waals surface area contributed by atoms with Crippen LogP contribution in [0.5, 0.6) is 0 Å². The Balaban J connectivity index is 1.72. The number of anilines is 2. The van der Waals surface area contributed by atoms with E-state index in [0.29, 0.717) is 56.9 Å². The van der Waals surface area contributed by atoms with E-state index in [0.717, 1.165) is 11.1 Å². The van der Waals surface area contributed by atoms with Gasteiger partial charge in [-0.2, -0.15) is 0 Å². The van der Waals surface area contributed by atoms with Crippen molar-refractivity contribution in [3.8, 4) is 0 Å². The van der Waals surface area contributed by atoms with E-state index < -0.39 is 11.2 Å². The van der Waals surface area contributed by atoms with Gasteiger partial charge in [0.2, 0.25) is 5.91 Å². The highest BCUT2D eigenvalue weighted by Gasteiger charge is 2.22. The molecule has 41 heavy (non-hydrogen) atoms. The minimum Gasteiger partial charge on any atom is -0.355 e. The van der Waals surface area contributed by atoms with E-state index in [9.17, 15) is 14.0 Å². The van der Waals surface area contributed by atoms with Crippen LogP contribution < -0.4 is 16.0 Å². The standard InChI is InChI=1S/C30H31Cl3FN5O2/c1-6-35-28(40)19-12-24-25(14-23(19)37-17-8-10-22(34)21(32)11-17)39(5)26(38-24)13-18-20(31)9-7-16(27(18)33)15-36-29(41)30(2,3)4/h7-12,14,37H,6,13,15H2,1-5H3,(H,35,40)(H,36,41). The van der Waals surface area contributed by atoms with Gasteiger partial charge in [-0.25, -0.2) is 9.37 Å². The minimum absolute atomic E-state index is 0.0348. The van der Waals surface area contributed by atoms with Gasteiger partial charge in [0, 0.05) is 42.7 Å². The third kappa shape index (κ3) is 6.77. The van der Waals surface area contributed by atoms with E-state index in [1.807, 2.05) is 45.4 Å². The van der Waals surface area contributed by atoms with Crippen LogP contribution in [0, 0.1) is 11.2 Å². The largest absolute Gasteiger partial charge is 0.355 e. The molecular formula is C30H31Cl3FN5O2. The third-order valence-electron chi connectivity index (χ3n) is 6.61. The van der Waals surface area contributed by atoms with Crippen LogP contribution in [-0.2, 0) is 24.8 Å². The smallest absolute Gasteiger partial charge is 0.253 e. The third-order valence-corrected chi connectivity index (χ3v) is 7.73. The second-order valence-corrected chi connectivity index (χ2v) is 11.9. The van der Waals surface area contributed by atoms with Gasteiger partial charge in [-0.15, -0.1) is 0 Å². The van der Waals surface area contributed by atoms with Gasteiger partial charge in [0.1, 0.15) is 11.6 Å². The van der Waals surface area contributed by atoms with E-state index in [1.165, 1.54) is 12.1 Å². The zero-order chi connectivity index (χ0) is 30.1. The molecular weight excluding hydrogens is 588 g/mol. The first-order chi connectivity index (χ1) is 19.3. The maximum Gasteiger partial charge on any atom is 0.253 e. The van der Waals surface area contributed by atoms with E-state index >= 15 is 0 Å². The van der Waals surface area contributed by atoms with Crippen molar-refractivity contribution in [1.82, 2.24) is 20.2 Å². The Labute approximate surface area is 253 Å². The van der Waals surface area contributed by atoms with E-state index in [2.05, 4.69) is 16.0 Å². The number of rotatable bonds is 8. The summed E-state index contributed by atoms with van der Waals surface area (Å²) in [5.74, 6) is -0.238. The molecule has 0 atom stereocenters. The Morgan fingerprint density at radius 3 is 2.39 bits per heavy atom. The first kappa shape index (κ1) is 30.6. The minimum atomic E-state index is -0.536. The maximum absolute atomic E-state index is 13.7.